The number of carbonyl (C=O) groups excluding carboxylic acids is 1. The van der Waals surface area contributed by atoms with E-state index in [0.29, 0.717) is 12.3 Å². The van der Waals surface area contributed by atoms with Gasteiger partial charge in [-0.15, -0.1) is 0 Å². The molecule has 8 heteroatoms. The first kappa shape index (κ1) is 30.5. The number of hydrogen-bond donors (Lipinski definition) is 0. The van der Waals surface area contributed by atoms with Gasteiger partial charge in [0.05, 0.1) is 5.69 Å². The lowest BCUT2D eigenvalue weighted by molar-refractivity contribution is 0.170. The quantitative estimate of drug-likeness (QED) is 0.289. The number of amides is 1. The molecule has 1 amide bonds. The van der Waals surface area contributed by atoms with Crippen molar-refractivity contribution in [1.82, 2.24) is 19.7 Å². The van der Waals surface area contributed by atoms with Crippen molar-refractivity contribution in [2.75, 3.05) is 60.0 Å². The molecule has 1 rings (SSSR count). The molecule has 0 saturated heterocycles. The molecule has 0 fully saturated rings. The highest BCUT2D eigenvalue weighted by molar-refractivity contribution is 9.09. The second kappa shape index (κ2) is 20.6. The molecule has 0 saturated carbocycles. The number of hydrogen-bond acceptors (Lipinski definition) is 5. The summed E-state index contributed by atoms with van der Waals surface area (Å²) in [6, 6.07) is 3.58. The number of pyridine rings is 1. The molecular formula is C21H40Br2N4O2. The SMILES string of the molecule is CBr.CBr.CN(C)CCCCCCCN(C)Cc1ncccc1OC(=O)N(C)C. The third kappa shape index (κ3) is 16.7. The van der Waals surface area contributed by atoms with Gasteiger partial charge >= 0.3 is 6.09 Å². The van der Waals surface area contributed by atoms with E-state index < -0.39 is 0 Å². The van der Waals surface area contributed by atoms with Crippen molar-refractivity contribution in [3.05, 3.63) is 24.0 Å². The summed E-state index contributed by atoms with van der Waals surface area (Å²) in [4.78, 5) is 22.0. The van der Waals surface area contributed by atoms with Crippen molar-refractivity contribution in [3.63, 3.8) is 0 Å². The van der Waals surface area contributed by atoms with Crippen molar-refractivity contribution in [2.24, 2.45) is 0 Å². The molecule has 0 spiro atoms. The lowest BCUT2D eigenvalue weighted by atomic mass is 10.1. The number of halogens is 2. The number of alkyl halides is 2. The van der Waals surface area contributed by atoms with Crippen LogP contribution in [0, 0.1) is 0 Å². The molecule has 170 valence electrons. The van der Waals surface area contributed by atoms with Crippen LogP contribution >= 0.6 is 31.9 Å². The molecule has 0 bridgehead atoms. The van der Waals surface area contributed by atoms with Crippen LogP contribution < -0.4 is 4.74 Å². The predicted octanol–water partition coefficient (Wildman–Crippen LogP) is 5.11. The molecule has 0 radical (unpaired) electrons. The third-order valence-corrected chi connectivity index (χ3v) is 3.98. The summed E-state index contributed by atoms with van der Waals surface area (Å²) in [6.07, 6.45) is 7.65. The molecule has 0 aliphatic rings. The largest absolute Gasteiger partial charge is 0.414 e. The molecule has 0 atom stereocenters. The van der Waals surface area contributed by atoms with Gasteiger partial charge in [-0.25, -0.2) is 4.79 Å². The van der Waals surface area contributed by atoms with Crippen molar-refractivity contribution in [3.8, 4) is 5.75 Å². The van der Waals surface area contributed by atoms with Gasteiger partial charge in [-0.1, -0.05) is 51.1 Å². The maximum atomic E-state index is 11.7. The van der Waals surface area contributed by atoms with E-state index in [1.807, 2.05) is 11.7 Å². The van der Waals surface area contributed by atoms with Crippen LogP contribution in [0.3, 0.4) is 0 Å². The van der Waals surface area contributed by atoms with Gasteiger partial charge in [0.1, 0.15) is 0 Å². The van der Waals surface area contributed by atoms with Crippen LogP contribution in [0.15, 0.2) is 18.3 Å². The summed E-state index contributed by atoms with van der Waals surface area (Å²) in [7, 11) is 9.66. The Bertz CT molecular complexity index is 517. The number of nitrogens with zero attached hydrogens (tertiary/aromatic N) is 4. The highest BCUT2D eigenvalue weighted by atomic mass is 79.9. The Morgan fingerprint density at radius 1 is 0.931 bits per heavy atom. The first-order valence-electron chi connectivity index (χ1n) is 9.82. The van der Waals surface area contributed by atoms with Crippen LogP contribution in [0.4, 0.5) is 4.79 Å². The van der Waals surface area contributed by atoms with E-state index in [-0.39, 0.29) is 6.09 Å². The molecular weight excluding hydrogens is 500 g/mol. The normalized spacial score (nSPS) is 10.0. The number of aromatic nitrogens is 1. The highest BCUT2D eigenvalue weighted by Gasteiger charge is 2.13. The third-order valence-electron chi connectivity index (χ3n) is 3.98. The Morgan fingerprint density at radius 2 is 1.48 bits per heavy atom. The van der Waals surface area contributed by atoms with Gasteiger partial charge in [-0.05, 0) is 70.9 Å². The molecule has 1 aromatic rings. The number of ether oxygens (including phenoxy) is 1. The van der Waals surface area contributed by atoms with Crippen molar-refractivity contribution in [2.45, 2.75) is 38.6 Å². The second-order valence-corrected chi connectivity index (χ2v) is 7.02. The van der Waals surface area contributed by atoms with E-state index in [0.717, 1.165) is 12.2 Å². The maximum absolute atomic E-state index is 11.7. The molecule has 0 aromatic carbocycles. The summed E-state index contributed by atoms with van der Waals surface area (Å²) in [5.41, 5.74) is 0.797. The Morgan fingerprint density at radius 3 is 2.03 bits per heavy atom. The minimum atomic E-state index is -0.380. The summed E-state index contributed by atoms with van der Waals surface area (Å²) >= 11 is 5.88. The van der Waals surface area contributed by atoms with Gasteiger partial charge in [0, 0.05) is 26.8 Å². The van der Waals surface area contributed by atoms with E-state index in [1.54, 1.807) is 32.4 Å². The molecule has 1 aromatic heterocycles. The lowest BCUT2D eigenvalue weighted by Crippen LogP contribution is -2.26. The van der Waals surface area contributed by atoms with Crippen molar-refractivity contribution < 1.29 is 9.53 Å². The Hall–Kier alpha value is -0.700. The summed E-state index contributed by atoms with van der Waals surface area (Å²) in [5, 5.41) is 0. The smallest absolute Gasteiger partial charge is 0.408 e. The van der Waals surface area contributed by atoms with Crippen LogP contribution in [0.5, 0.6) is 5.75 Å². The Kier molecular flexibility index (Phi) is 21.6. The highest BCUT2D eigenvalue weighted by Crippen LogP contribution is 2.18. The predicted molar refractivity (Wildman–Crippen MR) is 132 cm³/mol. The topological polar surface area (TPSA) is 48.9 Å². The van der Waals surface area contributed by atoms with Gasteiger partial charge in [-0.2, -0.15) is 0 Å². The minimum absolute atomic E-state index is 0.380. The van der Waals surface area contributed by atoms with Gasteiger partial charge in [0.25, 0.3) is 0 Å². The zero-order chi connectivity index (χ0) is 22.7. The van der Waals surface area contributed by atoms with E-state index in [1.165, 1.54) is 43.5 Å². The number of unbranched alkanes of at least 4 members (excludes halogenated alkanes) is 4. The monoisotopic (exact) mass is 538 g/mol. The lowest BCUT2D eigenvalue weighted by Gasteiger charge is -2.18. The number of carbonyl (C=O) groups is 1. The summed E-state index contributed by atoms with van der Waals surface area (Å²) in [5.74, 6) is 4.16. The zero-order valence-electron chi connectivity index (χ0n) is 19.3. The molecule has 0 N–H and O–H groups in total. The summed E-state index contributed by atoms with van der Waals surface area (Å²) in [6.45, 7) is 2.87. The zero-order valence-corrected chi connectivity index (χ0v) is 22.4. The van der Waals surface area contributed by atoms with Crippen LogP contribution in [0.2, 0.25) is 0 Å². The van der Waals surface area contributed by atoms with Crippen LogP contribution in [-0.2, 0) is 6.54 Å². The van der Waals surface area contributed by atoms with Crippen molar-refractivity contribution >= 4 is 38.0 Å². The minimum Gasteiger partial charge on any atom is -0.408 e. The van der Waals surface area contributed by atoms with E-state index in [4.69, 9.17) is 4.74 Å². The molecule has 0 aliphatic carbocycles. The maximum Gasteiger partial charge on any atom is 0.414 e. The fourth-order valence-electron chi connectivity index (χ4n) is 2.50. The van der Waals surface area contributed by atoms with Gasteiger partial charge in [-0.3, -0.25) is 4.98 Å². The number of rotatable bonds is 11. The average Bonchev–Trinajstić information content (AvgIpc) is 2.71. The summed E-state index contributed by atoms with van der Waals surface area (Å²) < 4.78 is 5.39. The van der Waals surface area contributed by atoms with Gasteiger partial charge in [0.15, 0.2) is 5.75 Å². The second-order valence-electron chi connectivity index (χ2n) is 7.02. The Balaban J connectivity index is 0. The fourth-order valence-corrected chi connectivity index (χ4v) is 2.50. The molecule has 29 heavy (non-hydrogen) atoms. The van der Waals surface area contributed by atoms with Crippen LogP contribution in [0.25, 0.3) is 0 Å². The van der Waals surface area contributed by atoms with Gasteiger partial charge in [0.2, 0.25) is 0 Å². The van der Waals surface area contributed by atoms with E-state index in [9.17, 15) is 4.79 Å². The molecule has 6 nitrogen and oxygen atoms in total. The first-order chi connectivity index (χ1) is 13.9. The molecule has 1 heterocycles. The standard InChI is InChI=1S/C19H34N4O2.2CH3Br/c1-21(2)14-9-7-6-8-10-15-23(5)16-17-18(12-11-13-20-17)25-19(24)22(3)4;2*1-2/h11-13H,6-10,14-16H2,1-5H3;2*1H3. The van der Waals surface area contributed by atoms with Crippen molar-refractivity contribution in [1.29, 1.82) is 0 Å². The molecule has 0 aliphatic heterocycles. The van der Waals surface area contributed by atoms with Crippen LogP contribution in [-0.4, -0.2) is 85.8 Å². The Labute approximate surface area is 195 Å². The molecule has 0 unspecified atom stereocenters. The van der Waals surface area contributed by atoms with Crippen LogP contribution in [0.1, 0.15) is 37.8 Å². The fraction of sp³-hybridized carbons (Fsp3) is 0.714. The first-order valence-corrected chi connectivity index (χ1v) is 13.0. The van der Waals surface area contributed by atoms with Gasteiger partial charge < -0.3 is 19.4 Å². The van der Waals surface area contributed by atoms with E-state index in [2.05, 4.69) is 67.8 Å². The average molecular weight is 540 g/mol. The van der Waals surface area contributed by atoms with E-state index >= 15 is 0 Å².